The molecular weight excluding hydrogens is 324 g/mol. The summed E-state index contributed by atoms with van der Waals surface area (Å²) in [6.07, 6.45) is 6.81. The molecule has 2 heterocycles. The van der Waals surface area contributed by atoms with Crippen LogP contribution >= 0.6 is 0 Å². The molecule has 6 nitrogen and oxygen atoms in total. The Morgan fingerprint density at radius 2 is 1.75 bits per heavy atom. The van der Waals surface area contributed by atoms with Crippen LogP contribution in [-0.4, -0.2) is 57.6 Å². The van der Waals surface area contributed by atoms with Crippen molar-refractivity contribution in [2.24, 2.45) is 5.92 Å². The number of anilines is 1. The SMILES string of the molecule is CNS(=O)(=O)c1ccc(N2CCN(C3CCC(C)CC3)CC2)nc1. The molecule has 1 aliphatic heterocycles. The quantitative estimate of drug-likeness (QED) is 0.893. The number of aromatic nitrogens is 1. The zero-order valence-corrected chi connectivity index (χ0v) is 15.4. The predicted molar refractivity (Wildman–Crippen MR) is 95.7 cm³/mol. The minimum Gasteiger partial charge on any atom is -0.354 e. The lowest BCUT2D eigenvalue weighted by molar-refractivity contribution is 0.132. The Kier molecular flexibility index (Phi) is 5.42. The van der Waals surface area contributed by atoms with E-state index in [1.165, 1.54) is 38.9 Å². The fourth-order valence-electron chi connectivity index (χ4n) is 3.76. The zero-order valence-electron chi connectivity index (χ0n) is 14.6. The number of hydrogen-bond donors (Lipinski definition) is 1. The van der Waals surface area contributed by atoms with E-state index in [2.05, 4.69) is 26.4 Å². The lowest BCUT2D eigenvalue weighted by atomic mass is 9.86. The number of nitrogens with zero attached hydrogens (tertiary/aromatic N) is 3. The lowest BCUT2D eigenvalue weighted by Gasteiger charge is -2.42. The van der Waals surface area contributed by atoms with Crippen LogP contribution < -0.4 is 9.62 Å². The molecule has 24 heavy (non-hydrogen) atoms. The fourth-order valence-corrected chi connectivity index (χ4v) is 4.43. The summed E-state index contributed by atoms with van der Waals surface area (Å²) in [5, 5.41) is 0. The molecule has 0 radical (unpaired) electrons. The average molecular weight is 353 g/mol. The first-order valence-corrected chi connectivity index (χ1v) is 10.4. The predicted octanol–water partition coefficient (Wildman–Crippen LogP) is 1.69. The van der Waals surface area contributed by atoms with Crippen molar-refractivity contribution in [2.75, 3.05) is 38.1 Å². The first-order valence-electron chi connectivity index (χ1n) is 8.88. The van der Waals surface area contributed by atoms with Crippen molar-refractivity contribution in [2.45, 2.75) is 43.5 Å². The van der Waals surface area contributed by atoms with Gasteiger partial charge in [0, 0.05) is 38.4 Å². The van der Waals surface area contributed by atoms with Crippen molar-refractivity contribution < 1.29 is 8.42 Å². The highest BCUT2D eigenvalue weighted by atomic mass is 32.2. The molecule has 3 rings (SSSR count). The summed E-state index contributed by atoms with van der Waals surface area (Å²) in [6.45, 7) is 6.40. The van der Waals surface area contributed by atoms with Gasteiger partial charge in [-0.05, 0) is 50.8 Å². The summed E-state index contributed by atoms with van der Waals surface area (Å²) < 4.78 is 25.8. The first-order chi connectivity index (χ1) is 11.5. The van der Waals surface area contributed by atoms with Crippen molar-refractivity contribution in [3.63, 3.8) is 0 Å². The van der Waals surface area contributed by atoms with Crippen LogP contribution in [0.1, 0.15) is 32.6 Å². The molecule has 0 spiro atoms. The summed E-state index contributed by atoms with van der Waals surface area (Å²) in [4.78, 5) is 9.44. The Labute approximate surface area is 145 Å². The second-order valence-corrected chi connectivity index (χ2v) is 8.88. The average Bonchev–Trinajstić information content (AvgIpc) is 2.63. The summed E-state index contributed by atoms with van der Waals surface area (Å²) in [5.74, 6) is 1.75. The molecule has 134 valence electrons. The molecule has 0 aromatic carbocycles. The number of rotatable bonds is 4. The molecule has 2 aliphatic rings. The molecule has 1 aromatic heterocycles. The highest BCUT2D eigenvalue weighted by molar-refractivity contribution is 7.89. The van der Waals surface area contributed by atoms with Gasteiger partial charge in [0.25, 0.3) is 0 Å². The second-order valence-electron chi connectivity index (χ2n) is 7.00. The van der Waals surface area contributed by atoms with E-state index in [1.54, 1.807) is 6.07 Å². The van der Waals surface area contributed by atoms with Crippen molar-refractivity contribution >= 4 is 15.8 Å². The monoisotopic (exact) mass is 352 g/mol. The molecule has 0 amide bonds. The van der Waals surface area contributed by atoms with Gasteiger partial charge in [0.05, 0.1) is 0 Å². The van der Waals surface area contributed by atoms with Gasteiger partial charge in [0.1, 0.15) is 10.7 Å². The Bertz CT molecular complexity index is 631. The van der Waals surface area contributed by atoms with E-state index in [0.29, 0.717) is 0 Å². The van der Waals surface area contributed by atoms with Gasteiger partial charge in [-0.15, -0.1) is 0 Å². The van der Waals surface area contributed by atoms with E-state index in [1.807, 2.05) is 6.07 Å². The van der Waals surface area contributed by atoms with E-state index in [-0.39, 0.29) is 4.90 Å². The third-order valence-electron chi connectivity index (χ3n) is 5.44. The second kappa shape index (κ2) is 7.37. The van der Waals surface area contributed by atoms with E-state index in [9.17, 15) is 8.42 Å². The lowest BCUT2D eigenvalue weighted by Crippen LogP contribution is -2.51. The number of hydrogen-bond acceptors (Lipinski definition) is 5. The maximum atomic E-state index is 11.8. The van der Waals surface area contributed by atoms with Gasteiger partial charge < -0.3 is 4.90 Å². The third-order valence-corrected chi connectivity index (χ3v) is 6.84. The van der Waals surface area contributed by atoms with Crippen LogP contribution in [0.3, 0.4) is 0 Å². The molecule has 1 N–H and O–H groups in total. The first kappa shape index (κ1) is 17.6. The molecule has 1 saturated carbocycles. The maximum Gasteiger partial charge on any atom is 0.241 e. The number of nitrogens with one attached hydrogen (secondary N) is 1. The van der Waals surface area contributed by atoms with E-state index in [4.69, 9.17) is 0 Å². The van der Waals surface area contributed by atoms with Gasteiger partial charge in [-0.2, -0.15) is 0 Å². The van der Waals surface area contributed by atoms with Crippen molar-refractivity contribution in [1.29, 1.82) is 0 Å². The minimum absolute atomic E-state index is 0.212. The molecule has 1 aliphatic carbocycles. The van der Waals surface area contributed by atoms with Crippen molar-refractivity contribution in [3.05, 3.63) is 18.3 Å². The van der Waals surface area contributed by atoms with Gasteiger partial charge in [-0.3, -0.25) is 4.90 Å². The standard InChI is InChI=1S/C17H28N4O2S/c1-14-3-5-15(6-4-14)20-9-11-21(12-10-20)17-8-7-16(13-19-17)24(22,23)18-2/h7-8,13-15,18H,3-6,9-12H2,1-2H3. The van der Waals surface area contributed by atoms with Gasteiger partial charge in [0.15, 0.2) is 0 Å². The highest BCUT2D eigenvalue weighted by Crippen LogP contribution is 2.28. The Morgan fingerprint density at radius 1 is 1.08 bits per heavy atom. The normalized spacial score (nSPS) is 26.5. The molecule has 1 saturated heterocycles. The van der Waals surface area contributed by atoms with E-state index >= 15 is 0 Å². The van der Waals surface area contributed by atoms with Gasteiger partial charge >= 0.3 is 0 Å². The topological polar surface area (TPSA) is 65.5 Å². The smallest absolute Gasteiger partial charge is 0.241 e. The van der Waals surface area contributed by atoms with Gasteiger partial charge in [-0.25, -0.2) is 18.1 Å². The van der Waals surface area contributed by atoms with Crippen LogP contribution in [0.15, 0.2) is 23.2 Å². The zero-order chi connectivity index (χ0) is 17.2. The fraction of sp³-hybridized carbons (Fsp3) is 0.706. The molecular formula is C17H28N4O2S. The molecule has 0 bridgehead atoms. The molecule has 2 fully saturated rings. The van der Waals surface area contributed by atoms with E-state index in [0.717, 1.165) is 44.0 Å². The summed E-state index contributed by atoms with van der Waals surface area (Å²) >= 11 is 0. The number of piperazine rings is 1. The third kappa shape index (κ3) is 3.90. The Balaban J connectivity index is 1.57. The van der Waals surface area contributed by atoms with Crippen LogP contribution in [0.5, 0.6) is 0 Å². The van der Waals surface area contributed by atoms with Crippen LogP contribution in [0.25, 0.3) is 0 Å². The minimum atomic E-state index is -3.41. The molecule has 1 aromatic rings. The number of pyridine rings is 1. The Hall–Kier alpha value is -1.18. The van der Waals surface area contributed by atoms with Gasteiger partial charge in [0.2, 0.25) is 10.0 Å². The molecule has 0 unspecified atom stereocenters. The van der Waals surface area contributed by atoms with Gasteiger partial charge in [-0.1, -0.05) is 6.92 Å². The summed E-state index contributed by atoms with van der Waals surface area (Å²) in [5.41, 5.74) is 0. The van der Waals surface area contributed by atoms with Crippen molar-refractivity contribution in [1.82, 2.24) is 14.6 Å². The summed E-state index contributed by atoms with van der Waals surface area (Å²) in [6, 6.07) is 4.19. The number of sulfonamides is 1. The molecule has 0 atom stereocenters. The van der Waals surface area contributed by atoms with Crippen LogP contribution in [-0.2, 0) is 10.0 Å². The highest BCUT2D eigenvalue weighted by Gasteiger charge is 2.27. The van der Waals surface area contributed by atoms with Crippen LogP contribution in [0.2, 0.25) is 0 Å². The largest absolute Gasteiger partial charge is 0.354 e. The van der Waals surface area contributed by atoms with Crippen LogP contribution in [0.4, 0.5) is 5.82 Å². The Morgan fingerprint density at radius 3 is 2.29 bits per heavy atom. The maximum absolute atomic E-state index is 11.8. The van der Waals surface area contributed by atoms with Crippen LogP contribution in [0, 0.1) is 5.92 Å². The van der Waals surface area contributed by atoms with Crippen molar-refractivity contribution in [3.8, 4) is 0 Å². The molecule has 7 heteroatoms. The summed E-state index contributed by atoms with van der Waals surface area (Å²) in [7, 11) is -2.00. The van der Waals surface area contributed by atoms with E-state index < -0.39 is 10.0 Å².